The zero-order chi connectivity index (χ0) is 15.9. The standard InChI is InChI=1S/C16H12ClN3O2/c1-22-14-6-2-5-13(9-14)20-16(21)12(10-18)8-11-4-3-7-19-15(11)17/h2-9H,1H3,(H,20,21)/b12-8-. The Bertz CT molecular complexity index is 766. The second kappa shape index (κ2) is 7.25. The minimum Gasteiger partial charge on any atom is -0.497 e. The van der Waals surface area contributed by atoms with E-state index in [9.17, 15) is 4.79 Å². The van der Waals surface area contributed by atoms with Crippen molar-refractivity contribution in [2.24, 2.45) is 0 Å². The van der Waals surface area contributed by atoms with Crippen LogP contribution in [-0.2, 0) is 4.79 Å². The van der Waals surface area contributed by atoms with Crippen LogP contribution in [0.2, 0.25) is 5.15 Å². The molecular weight excluding hydrogens is 302 g/mol. The number of aromatic nitrogens is 1. The number of hydrogen-bond acceptors (Lipinski definition) is 4. The third-order valence-corrected chi connectivity index (χ3v) is 3.10. The molecule has 2 rings (SSSR count). The van der Waals surface area contributed by atoms with Crippen molar-refractivity contribution in [3.05, 3.63) is 58.9 Å². The molecule has 0 aliphatic heterocycles. The number of carbonyl (C=O) groups is 1. The smallest absolute Gasteiger partial charge is 0.266 e. The van der Waals surface area contributed by atoms with E-state index in [1.807, 2.05) is 6.07 Å². The Morgan fingerprint density at radius 3 is 2.91 bits per heavy atom. The highest BCUT2D eigenvalue weighted by Crippen LogP contribution is 2.19. The minimum atomic E-state index is -0.532. The molecule has 1 aromatic carbocycles. The van der Waals surface area contributed by atoms with E-state index in [2.05, 4.69) is 10.3 Å². The van der Waals surface area contributed by atoms with Crippen molar-refractivity contribution in [1.29, 1.82) is 5.26 Å². The highest BCUT2D eigenvalue weighted by atomic mass is 35.5. The quantitative estimate of drug-likeness (QED) is 0.534. The summed E-state index contributed by atoms with van der Waals surface area (Å²) in [5.74, 6) is 0.0752. The normalized spacial score (nSPS) is 10.7. The number of pyridine rings is 1. The van der Waals surface area contributed by atoms with Crippen LogP contribution in [-0.4, -0.2) is 18.0 Å². The number of hydrogen-bond donors (Lipinski definition) is 1. The molecule has 0 aliphatic rings. The van der Waals surface area contributed by atoms with Crippen LogP contribution in [0.15, 0.2) is 48.2 Å². The van der Waals surface area contributed by atoms with E-state index in [1.54, 1.807) is 36.4 Å². The van der Waals surface area contributed by atoms with Gasteiger partial charge in [-0.25, -0.2) is 4.98 Å². The molecule has 0 saturated carbocycles. The Balaban J connectivity index is 2.23. The number of amides is 1. The third-order valence-electron chi connectivity index (χ3n) is 2.78. The average Bonchev–Trinajstić information content (AvgIpc) is 2.54. The van der Waals surface area contributed by atoms with E-state index in [1.165, 1.54) is 19.4 Å². The summed E-state index contributed by atoms with van der Waals surface area (Å²) in [5, 5.41) is 12.0. The summed E-state index contributed by atoms with van der Waals surface area (Å²) in [4.78, 5) is 16.0. The fraction of sp³-hybridized carbons (Fsp3) is 0.0625. The van der Waals surface area contributed by atoms with Gasteiger partial charge in [0.1, 0.15) is 22.5 Å². The van der Waals surface area contributed by atoms with Gasteiger partial charge in [-0.1, -0.05) is 23.7 Å². The topological polar surface area (TPSA) is 75.0 Å². The Morgan fingerprint density at radius 1 is 1.41 bits per heavy atom. The molecule has 0 atom stereocenters. The number of ether oxygens (including phenoxy) is 1. The molecule has 6 heteroatoms. The van der Waals surface area contributed by atoms with Crippen molar-refractivity contribution in [3.63, 3.8) is 0 Å². The molecule has 0 aliphatic carbocycles. The molecule has 0 unspecified atom stereocenters. The molecule has 2 aromatic rings. The monoisotopic (exact) mass is 313 g/mol. The van der Waals surface area contributed by atoms with Crippen molar-refractivity contribution >= 4 is 29.3 Å². The van der Waals surface area contributed by atoms with Gasteiger partial charge in [-0.05, 0) is 24.3 Å². The average molecular weight is 314 g/mol. The second-order valence-corrected chi connectivity index (χ2v) is 4.60. The summed E-state index contributed by atoms with van der Waals surface area (Å²) in [7, 11) is 1.53. The first-order valence-corrected chi connectivity index (χ1v) is 6.69. The van der Waals surface area contributed by atoms with E-state index >= 15 is 0 Å². The van der Waals surface area contributed by atoms with Crippen LogP contribution < -0.4 is 10.1 Å². The summed E-state index contributed by atoms with van der Waals surface area (Å²) < 4.78 is 5.08. The summed E-state index contributed by atoms with van der Waals surface area (Å²) in [6, 6.07) is 12.1. The molecule has 0 radical (unpaired) electrons. The lowest BCUT2D eigenvalue weighted by Crippen LogP contribution is -2.13. The first-order valence-electron chi connectivity index (χ1n) is 6.31. The largest absolute Gasteiger partial charge is 0.497 e. The van der Waals surface area contributed by atoms with E-state index in [0.717, 1.165) is 0 Å². The van der Waals surface area contributed by atoms with Gasteiger partial charge in [-0.3, -0.25) is 4.79 Å². The lowest BCUT2D eigenvalue weighted by molar-refractivity contribution is -0.112. The number of nitrogens with one attached hydrogen (secondary N) is 1. The molecule has 5 nitrogen and oxygen atoms in total. The maximum atomic E-state index is 12.2. The number of nitrogens with zero attached hydrogens (tertiary/aromatic N) is 2. The third kappa shape index (κ3) is 3.84. The van der Waals surface area contributed by atoms with Crippen LogP contribution in [0.25, 0.3) is 6.08 Å². The molecule has 1 N–H and O–H groups in total. The van der Waals surface area contributed by atoms with Crippen molar-refractivity contribution in [2.75, 3.05) is 12.4 Å². The first kappa shape index (κ1) is 15.5. The molecule has 0 bridgehead atoms. The summed E-state index contributed by atoms with van der Waals surface area (Å²) in [5.41, 5.74) is 0.960. The molecular formula is C16H12ClN3O2. The van der Waals surface area contributed by atoms with Crippen LogP contribution in [0.4, 0.5) is 5.69 Å². The second-order valence-electron chi connectivity index (χ2n) is 4.24. The molecule has 110 valence electrons. The minimum absolute atomic E-state index is 0.0716. The van der Waals surface area contributed by atoms with Gasteiger partial charge in [0.05, 0.1) is 7.11 Å². The molecule has 1 aromatic heterocycles. The van der Waals surface area contributed by atoms with Gasteiger partial charge >= 0.3 is 0 Å². The van der Waals surface area contributed by atoms with Gasteiger partial charge < -0.3 is 10.1 Å². The van der Waals surface area contributed by atoms with Crippen LogP contribution in [0.1, 0.15) is 5.56 Å². The van der Waals surface area contributed by atoms with Gasteiger partial charge in [0.25, 0.3) is 5.91 Å². The number of nitriles is 1. The highest BCUT2D eigenvalue weighted by molar-refractivity contribution is 6.31. The summed E-state index contributed by atoms with van der Waals surface area (Å²) >= 11 is 5.92. The van der Waals surface area contributed by atoms with Gasteiger partial charge in [0.2, 0.25) is 0 Å². The molecule has 1 amide bonds. The van der Waals surface area contributed by atoms with Crippen LogP contribution in [0, 0.1) is 11.3 Å². The number of rotatable bonds is 4. The zero-order valence-corrected chi connectivity index (χ0v) is 12.5. The number of carbonyl (C=O) groups excluding carboxylic acids is 1. The summed E-state index contributed by atoms with van der Waals surface area (Å²) in [6.45, 7) is 0. The number of halogens is 1. The molecule has 0 saturated heterocycles. The van der Waals surface area contributed by atoms with Crippen molar-refractivity contribution in [3.8, 4) is 11.8 Å². The van der Waals surface area contributed by atoms with Crippen molar-refractivity contribution in [2.45, 2.75) is 0 Å². The van der Waals surface area contributed by atoms with E-state index in [-0.39, 0.29) is 10.7 Å². The zero-order valence-electron chi connectivity index (χ0n) is 11.7. The number of methoxy groups -OCH3 is 1. The lowest BCUT2D eigenvalue weighted by atomic mass is 10.1. The summed E-state index contributed by atoms with van der Waals surface area (Å²) in [6.07, 6.45) is 2.92. The number of anilines is 1. The molecule has 0 fully saturated rings. The predicted octanol–water partition coefficient (Wildman–Crippen LogP) is 3.29. The predicted molar refractivity (Wildman–Crippen MR) is 84.5 cm³/mol. The highest BCUT2D eigenvalue weighted by Gasteiger charge is 2.11. The Hall–Kier alpha value is -2.84. The lowest BCUT2D eigenvalue weighted by Gasteiger charge is -2.06. The van der Waals surface area contributed by atoms with Gasteiger partial charge in [0.15, 0.2) is 0 Å². The van der Waals surface area contributed by atoms with Gasteiger partial charge in [-0.15, -0.1) is 0 Å². The van der Waals surface area contributed by atoms with E-state index < -0.39 is 5.91 Å². The van der Waals surface area contributed by atoms with E-state index in [4.69, 9.17) is 21.6 Å². The fourth-order valence-corrected chi connectivity index (χ4v) is 1.88. The maximum Gasteiger partial charge on any atom is 0.266 e. The number of benzene rings is 1. The SMILES string of the molecule is COc1cccc(NC(=O)/C(C#N)=C\c2cccnc2Cl)c1. The van der Waals surface area contributed by atoms with Crippen LogP contribution >= 0.6 is 11.6 Å². The Kier molecular flexibility index (Phi) is 5.12. The molecule has 1 heterocycles. The molecule has 0 spiro atoms. The van der Waals surface area contributed by atoms with Crippen molar-refractivity contribution in [1.82, 2.24) is 4.98 Å². The van der Waals surface area contributed by atoms with Crippen molar-refractivity contribution < 1.29 is 9.53 Å². The Labute approximate surface area is 132 Å². The fourth-order valence-electron chi connectivity index (χ4n) is 1.71. The maximum absolute atomic E-state index is 12.2. The van der Waals surface area contributed by atoms with Crippen LogP contribution in [0.5, 0.6) is 5.75 Å². The van der Waals surface area contributed by atoms with Crippen LogP contribution in [0.3, 0.4) is 0 Å². The van der Waals surface area contributed by atoms with E-state index in [0.29, 0.717) is 17.0 Å². The van der Waals surface area contributed by atoms with Gasteiger partial charge in [-0.2, -0.15) is 5.26 Å². The molecule has 22 heavy (non-hydrogen) atoms. The first-order chi connectivity index (χ1) is 10.6. The van der Waals surface area contributed by atoms with Gasteiger partial charge in [0, 0.05) is 23.5 Å². The Morgan fingerprint density at radius 2 is 2.23 bits per heavy atom.